The quantitative estimate of drug-likeness (QED) is 0.499. The first-order valence-electron chi connectivity index (χ1n) is 8.67. The monoisotopic (exact) mass is 383 g/mol. The number of piperazine rings is 1. The average Bonchev–Trinajstić information content (AvgIpc) is 3.03. The molecule has 0 bridgehead atoms. The van der Waals surface area contributed by atoms with Crippen molar-refractivity contribution in [1.29, 1.82) is 0 Å². The van der Waals surface area contributed by atoms with Gasteiger partial charge >= 0.3 is 0 Å². The van der Waals surface area contributed by atoms with Crippen LogP contribution in [-0.4, -0.2) is 52.9 Å². The average molecular weight is 384 g/mol. The van der Waals surface area contributed by atoms with Gasteiger partial charge in [-0.2, -0.15) is 0 Å². The Kier molecular flexibility index (Phi) is 3.92. The summed E-state index contributed by atoms with van der Waals surface area (Å²) < 4.78 is 2.17. The smallest absolute Gasteiger partial charge is 0.232 e. The van der Waals surface area contributed by atoms with Crippen molar-refractivity contribution in [3.63, 3.8) is 0 Å². The van der Waals surface area contributed by atoms with Gasteiger partial charge in [-0.25, -0.2) is 0 Å². The molecule has 1 saturated heterocycles. The summed E-state index contributed by atoms with van der Waals surface area (Å²) in [5.41, 5.74) is 2.16. The maximum absolute atomic E-state index is 6.35. The van der Waals surface area contributed by atoms with Crippen LogP contribution in [0.25, 0.3) is 17.1 Å². The summed E-state index contributed by atoms with van der Waals surface area (Å²) >= 11 is 8.10. The Bertz CT molecular complexity index is 978. The van der Waals surface area contributed by atoms with Crippen LogP contribution >= 0.6 is 23.4 Å². The number of halogens is 1. The lowest BCUT2D eigenvalue weighted by Gasteiger charge is -2.33. The van der Waals surface area contributed by atoms with Crippen molar-refractivity contribution < 1.29 is 0 Å². The van der Waals surface area contributed by atoms with E-state index in [1.165, 1.54) is 4.90 Å². The van der Waals surface area contributed by atoms with E-state index < -0.39 is 0 Å². The summed E-state index contributed by atoms with van der Waals surface area (Å²) in [5.74, 6) is 1.77. The predicted molar refractivity (Wildman–Crippen MR) is 106 cm³/mol. The Morgan fingerprint density at radius 2 is 1.77 bits per heavy atom. The van der Waals surface area contributed by atoms with E-state index in [0.29, 0.717) is 0 Å². The largest absolute Gasteiger partial charge is 0.338 e. The third kappa shape index (κ3) is 2.60. The van der Waals surface area contributed by atoms with Gasteiger partial charge in [-0.05, 0) is 31.3 Å². The molecule has 7 heteroatoms. The van der Waals surface area contributed by atoms with Gasteiger partial charge in [0, 0.05) is 46.6 Å². The highest BCUT2D eigenvalue weighted by molar-refractivity contribution is 7.99. The number of anilines is 1. The van der Waals surface area contributed by atoms with E-state index in [-0.39, 0.29) is 0 Å². The van der Waals surface area contributed by atoms with Crippen LogP contribution in [0.15, 0.2) is 52.3 Å². The Morgan fingerprint density at radius 3 is 2.62 bits per heavy atom. The van der Waals surface area contributed by atoms with Crippen molar-refractivity contribution in [2.24, 2.45) is 0 Å². The number of hydrogen-bond acceptors (Lipinski definition) is 5. The Morgan fingerprint density at radius 1 is 0.962 bits per heavy atom. The molecule has 2 aliphatic heterocycles. The van der Waals surface area contributed by atoms with Gasteiger partial charge in [0.2, 0.25) is 5.95 Å². The van der Waals surface area contributed by atoms with Crippen molar-refractivity contribution in [3.8, 4) is 17.1 Å². The molecule has 26 heavy (non-hydrogen) atoms. The lowest BCUT2D eigenvalue weighted by atomic mass is 10.2. The van der Waals surface area contributed by atoms with Crippen molar-refractivity contribution in [2.75, 3.05) is 38.1 Å². The molecule has 2 aromatic carbocycles. The molecule has 0 unspecified atom stereocenters. The Labute approximate surface area is 161 Å². The van der Waals surface area contributed by atoms with Crippen LogP contribution in [0.3, 0.4) is 0 Å². The van der Waals surface area contributed by atoms with Crippen LogP contribution in [0, 0.1) is 0 Å². The molecule has 1 aromatic heterocycles. The zero-order valence-electron chi connectivity index (χ0n) is 14.4. The minimum atomic E-state index is 0.722. The molecule has 1 fully saturated rings. The molecule has 0 amide bonds. The number of fused-ring (bicyclic) bond motifs is 5. The second-order valence-corrected chi connectivity index (χ2v) is 8.18. The highest BCUT2D eigenvalue weighted by atomic mass is 35.5. The summed E-state index contributed by atoms with van der Waals surface area (Å²) in [5, 5.41) is 9.89. The second-order valence-electron chi connectivity index (χ2n) is 6.66. The number of rotatable bonds is 1. The second kappa shape index (κ2) is 6.30. The number of aromatic nitrogens is 3. The van der Waals surface area contributed by atoms with Crippen molar-refractivity contribution in [2.45, 2.75) is 9.79 Å². The van der Waals surface area contributed by atoms with Gasteiger partial charge in [0.15, 0.2) is 5.82 Å². The fourth-order valence-electron chi connectivity index (χ4n) is 3.49. The summed E-state index contributed by atoms with van der Waals surface area (Å²) in [4.78, 5) is 7.01. The van der Waals surface area contributed by atoms with Gasteiger partial charge in [0.05, 0.1) is 5.69 Å². The highest BCUT2D eigenvalue weighted by Gasteiger charge is 2.28. The SMILES string of the molecule is CN1CCN(c2nnc3n2-c2cc(Cl)ccc2Sc2ccccc2-3)CC1. The van der Waals surface area contributed by atoms with Crippen LogP contribution in [0.4, 0.5) is 5.95 Å². The summed E-state index contributed by atoms with van der Waals surface area (Å²) in [6, 6.07) is 14.4. The lowest BCUT2D eigenvalue weighted by molar-refractivity contribution is 0.310. The lowest BCUT2D eigenvalue weighted by Crippen LogP contribution is -2.45. The van der Waals surface area contributed by atoms with Crippen molar-refractivity contribution >= 4 is 29.3 Å². The fraction of sp³-hybridized carbons (Fsp3) is 0.263. The minimum absolute atomic E-state index is 0.722. The van der Waals surface area contributed by atoms with Gasteiger partial charge in [-0.15, -0.1) is 10.2 Å². The molecular formula is C19H18ClN5S. The molecule has 0 spiro atoms. The molecule has 0 atom stereocenters. The molecule has 2 aliphatic rings. The van der Waals surface area contributed by atoms with E-state index in [4.69, 9.17) is 11.6 Å². The maximum atomic E-state index is 6.35. The maximum Gasteiger partial charge on any atom is 0.232 e. The third-order valence-corrected chi connectivity index (χ3v) is 6.32. The summed E-state index contributed by atoms with van der Waals surface area (Å²) in [6.07, 6.45) is 0. The molecule has 5 nitrogen and oxygen atoms in total. The van der Waals surface area contributed by atoms with Crippen LogP contribution in [0.1, 0.15) is 0 Å². The van der Waals surface area contributed by atoms with Crippen LogP contribution < -0.4 is 4.90 Å². The first-order valence-corrected chi connectivity index (χ1v) is 9.86. The van der Waals surface area contributed by atoms with Gasteiger partial charge in [-0.1, -0.05) is 41.6 Å². The van der Waals surface area contributed by atoms with E-state index >= 15 is 0 Å². The van der Waals surface area contributed by atoms with Gasteiger partial charge in [0.1, 0.15) is 0 Å². The number of hydrogen-bond donors (Lipinski definition) is 0. The van der Waals surface area contributed by atoms with Crippen LogP contribution in [0.5, 0.6) is 0 Å². The molecule has 0 aliphatic carbocycles. The van der Waals surface area contributed by atoms with E-state index in [1.54, 1.807) is 11.8 Å². The molecule has 5 rings (SSSR count). The zero-order valence-corrected chi connectivity index (χ0v) is 16.0. The topological polar surface area (TPSA) is 37.2 Å². The normalized spacial score (nSPS) is 16.6. The fourth-order valence-corrected chi connectivity index (χ4v) is 4.70. The number of nitrogens with zero attached hydrogens (tertiary/aromatic N) is 5. The summed E-state index contributed by atoms with van der Waals surface area (Å²) in [7, 11) is 2.16. The molecule has 0 saturated carbocycles. The molecule has 3 aromatic rings. The standard InChI is InChI=1S/C19H18ClN5S/c1-23-8-10-24(11-9-23)19-22-21-18-14-4-2-3-5-16(14)26-17-7-6-13(20)12-15(17)25(18)19/h2-7,12H,8-11H2,1H3. The highest BCUT2D eigenvalue weighted by Crippen LogP contribution is 2.44. The van der Waals surface area contributed by atoms with Crippen LogP contribution in [0.2, 0.25) is 5.02 Å². The van der Waals surface area contributed by atoms with Gasteiger partial charge in [-0.3, -0.25) is 4.57 Å². The van der Waals surface area contributed by atoms with Gasteiger partial charge in [0.25, 0.3) is 0 Å². The van der Waals surface area contributed by atoms with Gasteiger partial charge < -0.3 is 9.80 Å². The first kappa shape index (κ1) is 16.2. The molecule has 0 N–H and O–H groups in total. The van der Waals surface area contributed by atoms with E-state index in [9.17, 15) is 0 Å². The Hall–Kier alpha value is -2.02. The molecular weight excluding hydrogens is 366 g/mol. The summed E-state index contributed by atoms with van der Waals surface area (Å²) in [6.45, 7) is 3.94. The van der Waals surface area contributed by atoms with E-state index in [0.717, 1.165) is 59.1 Å². The number of benzene rings is 2. The molecule has 3 heterocycles. The molecule has 132 valence electrons. The van der Waals surface area contributed by atoms with Crippen molar-refractivity contribution in [1.82, 2.24) is 19.7 Å². The van der Waals surface area contributed by atoms with E-state index in [1.807, 2.05) is 12.1 Å². The minimum Gasteiger partial charge on any atom is -0.338 e. The molecule has 0 radical (unpaired) electrons. The van der Waals surface area contributed by atoms with E-state index in [2.05, 4.69) is 61.9 Å². The third-order valence-electron chi connectivity index (χ3n) is 4.94. The Balaban J connectivity index is 1.74. The van der Waals surface area contributed by atoms with Crippen molar-refractivity contribution in [3.05, 3.63) is 47.5 Å². The first-order chi connectivity index (χ1) is 12.7. The van der Waals surface area contributed by atoms with Crippen LogP contribution in [-0.2, 0) is 0 Å². The zero-order chi connectivity index (χ0) is 17.7. The predicted octanol–water partition coefficient (Wildman–Crippen LogP) is 3.80. The number of likely N-dealkylation sites (N-methyl/N-ethyl adjacent to an activating group) is 1.